The van der Waals surface area contributed by atoms with E-state index in [0.717, 1.165) is 6.92 Å². The number of terminal acetylenes is 1. The predicted molar refractivity (Wildman–Crippen MR) is 144 cm³/mol. The van der Waals surface area contributed by atoms with Crippen molar-refractivity contribution in [3.8, 4) is 12.3 Å². The molecule has 17 nitrogen and oxygen atoms in total. The van der Waals surface area contributed by atoms with Gasteiger partial charge in [-0.15, -0.1) is 6.42 Å². The molecule has 4 rings (SSSR count). The number of aliphatic hydroxyl groups is 8. The van der Waals surface area contributed by atoms with E-state index in [1.54, 1.807) is 6.92 Å². The Labute approximate surface area is 259 Å². The Hall–Kier alpha value is -1.57. The van der Waals surface area contributed by atoms with Gasteiger partial charge in [0.1, 0.15) is 54.9 Å². The van der Waals surface area contributed by atoms with E-state index in [0.29, 0.717) is 0 Å². The SMILES string of the molecule is C#CC1C(O)COC(OC2C(C)OC(OC3C(O)OC(C)C(OC(C)=O)C3OC3OC(CC)C(O)C(O)C3O)C(O)C2O)C1O. The topological polar surface area (TPSA) is 253 Å². The summed E-state index contributed by atoms with van der Waals surface area (Å²) in [5.74, 6) is 0.505. The number of hydrogen-bond acceptors (Lipinski definition) is 17. The molecule has 0 saturated carbocycles. The van der Waals surface area contributed by atoms with Gasteiger partial charge in [-0.25, -0.2) is 0 Å². The van der Waals surface area contributed by atoms with Crippen LogP contribution in [0.1, 0.15) is 34.1 Å². The highest BCUT2D eigenvalue weighted by molar-refractivity contribution is 5.66. The third kappa shape index (κ3) is 7.62. The van der Waals surface area contributed by atoms with E-state index in [-0.39, 0.29) is 13.0 Å². The molecule has 4 heterocycles. The number of esters is 1. The van der Waals surface area contributed by atoms with Gasteiger partial charge in [0.05, 0.1) is 36.9 Å². The van der Waals surface area contributed by atoms with Gasteiger partial charge >= 0.3 is 5.97 Å². The van der Waals surface area contributed by atoms with E-state index in [9.17, 15) is 45.6 Å². The summed E-state index contributed by atoms with van der Waals surface area (Å²) >= 11 is 0. The monoisotopic (exact) mass is 652 g/mol. The minimum absolute atomic E-state index is 0.235. The van der Waals surface area contributed by atoms with Gasteiger partial charge < -0.3 is 78.7 Å². The average molecular weight is 653 g/mol. The summed E-state index contributed by atoms with van der Waals surface area (Å²) in [6.07, 6.45) is -20.4. The van der Waals surface area contributed by atoms with Crippen molar-refractivity contribution in [1.29, 1.82) is 0 Å². The van der Waals surface area contributed by atoms with E-state index in [1.807, 2.05) is 0 Å². The molecule has 0 spiro atoms. The van der Waals surface area contributed by atoms with Crippen molar-refractivity contribution >= 4 is 5.97 Å². The molecule has 0 aromatic carbocycles. The molecule has 45 heavy (non-hydrogen) atoms. The maximum Gasteiger partial charge on any atom is 0.303 e. The van der Waals surface area contributed by atoms with Crippen LogP contribution in [0.2, 0.25) is 0 Å². The van der Waals surface area contributed by atoms with Crippen LogP contribution in [0.3, 0.4) is 0 Å². The largest absolute Gasteiger partial charge is 0.457 e. The van der Waals surface area contributed by atoms with Crippen molar-refractivity contribution in [2.24, 2.45) is 5.92 Å². The Bertz CT molecular complexity index is 1020. The van der Waals surface area contributed by atoms with Crippen LogP contribution in [-0.4, -0.2) is 164 Å². The van der Waals surface area contributed by atoms with Crippen molar-refractivity contribution in [3.63, 3.8) is 0 Å². The summed E-state index contributed by atoms with van der Waals surface area (Å²) in [5, 5.41) is 84.6. The highest BCUT2D eigenvalue weighted by atomic mass is 16.8. The molecule has 4 fully saturated rings. The summed E-state index contributed by atoms with van der Waals surface area (Å²) in [6, 6.07) is 0. The van der Waals surface area contributed by atoms with Crippen LogP contribution in [0.4, 0.5) is 0 Å². The zero-order chi connectivity index (χ0) is 33.3. The normalized spacial score (nSPS) is 50.9. The molecule has 4 aliphatic heterocycles. The Balaban J connectivity index is 1.53. The van der Waals surface area contributed by atoms with Gasteiger partial charge in [-0.1, -0.05) is 12.8 Å². The summed E-state index contributed by atoms with van der Waals surface area (Å²) in [7, 11) is 0. The first kappa shape index (κ1) is 36.3. The molecule has 0 aromatic heterocycles. The molecule has 0 aliphatic carbocycles. The lowest BCUT2D eigenvalue weighted by atomic mass is 9.93. The molecular weight excluding hydrogens is 608 g/mol. The molecule has 4 aliphatic rings. The molecule has 258 valence electrons. The van der Waals surface area contributed by atoms with Gasteiger partial charge in [0, 0.05) is 6.92 Å². The third-order valence-electron chi connectivity index (χ3n) is 8.45. The van der Waals surface area contributed by atoms with Crippen LogP contribution < -0.4 is 0 Å². The van der Waals surface area contributed by atoms with Crippen molar-refractivity contribution in [1.82, 2.24) is 0 Å². The second kappa shape index (κ2) is 15.1. The number of carbonyl (C=O) groups is 1. The first-order valence-corrected chi connectivity index (χ1v) is 14.8. The Kier molecular flexibility index (Phi) is 12.2. The molecule has 4 saturated heterocycles. The third-order valence-corrected chi connectivity index (χ3v) is 8.45. The fourth-order valence-electron chi connectivity index (χ4n) is 5.90. The average Bonchev–Trinajstić information content (AvgIpc) is 2.98. The number of ether oxygens (including phenoxy) is 8. The minimum Gasteiger partial charge on any atom is -0.457 e. The fourth-order valence-corrected chi connectivity index (χ4v) is 5.90. The van der Waals surface area contributed by atoms with Crippen LogP contribution in [0.25, 0.3) is 0 Å². The second-order valence-corrected chi connectivity index (χ2v) is 11.7. The molecule has 17 heteroatoms. The smallest absolute Gasteiger partial charge is 0.303 e. The molecule has 0 radical (unpaired) electrons. The summed E-state index contributed by atoms with van der Waals surface area (Å²) < 4.78 is 45.3. The minimum atomic E-state index is -1.83. The quantitative estimate of drug-likeness (QED) is 0.0914. The maximum absolute atomic E-state index is 12.0. The Morgan fingerprint density at radius 2 is 1.31 bits per heavy atom. The maximum atomic E-state index is 12.0. The van der Waals surface area contributed by atoms with Crippen molar-refractivity contribution in [3.05, 3.63) is 0 Å². The lowest BCUT2D eigenvalue weighted by Gasteiger charge is -2.49. The van der Waals surface area contributed by atoms with Crippen LogP contribution in [0.15, 0.2) is 0 Å². The van der Waals surface area contributed by atoms with Gasteiger partial charge in [0.15, 0.2) is 31.3 Å². The predicted octanol–water partition coefficient (Wildman–Crippen LogP) is -4.18. The van der Waals surface area contributed by atoms with E-state index in [1.165, 1.54) is 13.8 Å². The van der Waals surface area contributed by atoms with Crippen LogP contribution >= 0.6 is 0 Å². The zero-order valence-corrected chi connectivity index (χ0v) is 25.2. The molecule has 8 N–H and O–H groups in total. The molecule has 0 bridgehead atoms. The number of carbonyl (C=O) groups excluding carboxylic acids is 1. The zero-order valence-electron chi connectivity index (χ0n) is 25.2. The van der Waals surface area contributed by atoms with E-state index in [4.69, 9.17) is 44.3 Å². The molecule has 0 amide bonds. The van der Waals surface area contributed by atoms with Gasteiger partial charge in [0.2, 0.25) is 0 Å². The number of hydrogen-bond donors (Lipinski definition) is 8. The van der Waals surface area contributed by atoms with E-state index in [2.05, 4.69) is 5.92 Å². The van der Waals surface area contributed by atoms with Gasteiger partial charge in [0.25, 0.3) is 0 Å². The van der Waals surface area contributed by atoms with Gasteiger partial charge in [-0.05, 0) is 20.3 Å². The van der Waals surface area contributed by atoms with Gasteiger partial charge in [-0.2, -0.15) is 0 Å². The first-order chi connectivity index (χ1) is 21.2. The standard InChI is InChI=1S/C28H44O17/c1-6-12-13(30)8-38-26(15(12)31)43-21-9(3)40-27(20(36)18(21)34)45-24-23(22(41-11(5)29)10(4)39-25(24)37)44-28-19(35)17(33)16(32)14(7-2)42-28/h1,9-10,12-28,30-37H,7-8H2,2-5H3. The first-order valence-electron chi connectivity index (χ1n) is 14.8. The van der Waals surface area contributed by atoms with Crippen molar-refractivity contribution in [2.45, 2.75) is 145 Å². The highest BCUT2D eigenvalue weighted by Crippen LogP contribution is 2.35. The lowest BCUT2D eigenvalue weighted by molar-refractivity contribution is -0.389. The highest BCUT2D eigenvalue weighted by Gasteiger charge is 2.55. The van der Waals surface area contributed by atoms with Crippen molar-refractivity contribution in [2.75, 3.05) is 6.61 Å². The van der Waals surface area contributed by atoms with Gasteiger partial charge in [-0.3, -0.25) is 4.79 Å². The van der Waals surface area contributed by atoms with Crippen LogP contribution in [-0.2, 0) is 42.7 Å². The van der Waals surface area contributed by atoms with Crippen LogP contribution in [0, 0.1) is 18.3 Å². The van der Waals surface area contributed by atoms with E-state index >= 15 is 0 Å². The van der Waals surface area contributed by atoms with Crippen molar-refractivity contribution < 1.29 is 83.5 Å². The van der Waals surface area contributed by atoms with Crippen LogP contribution in [0.5, 0.6) is 0 Å². The van der Waals surface area contributed by atoms with E-state index < -0.39 is 123 Å². The Morgan fingerprint density at radius 3 is 1.93 bits per heavy atom. The molecule has 19 atom stereocenters. The number of aliphatic hydroxyl groups excluding tert-OH is 8. The lowest BCUT2D eigenvalue weighted by Crippen LogP contribution is -2.66. The number of rotatable bonds is 8. The Morgan fingerprint density at radius 1 is 0.733 bits per heavy atom. The molecule has 0 aromatic rings. The summed E-state index contributed by atoms with van der Waals surface area (Å²) in [5.41, 5.74) is 0. The fraction of sp³-hybridized carbons (Fsp3) is 0.893. The summed E-state index contributed by atoms with van der Waals surface area (Å²) in [4.78, 5) is 12.0. The second-order valence-electron chi connectivity index (χ2n) is 11.7. The molecular formula is C28H44O17. The molecule has 19 unspecified atom stereocenters. The summed E-state index contributed by atoms with van der Waals surface area (Å²) in [6.45, 7) is 5.48.